The van der Waals surface area contributed by atoms with Gasteiger partial charge in [-0.25, -0.2) is 0 Å². The van der Waals surface area contributed by atoms with Crippen molar-refractivity contribution in [2.75, 3.05) is 19.8 Å². The number of carboxylic acids is 4. The van der Waals surface area contributed by atoms with Crippen LogP contribution in [-0.2, 0) is 19.2 Å². The molecule has 0 aliphatic rings. The van der Waals surface area contributed by atoms with Gasteiger partial charge in [-0.15, -0.1) is 13.2 Å². The van der Waals surface area contributed by atoms with Gasteiger partial charge in [-0.2, -0.15) is 0 Å². The van der Waals surface area contributed by atoms with Crippen molar-refractivity contribution in [2.45, 2.75) is 33.2 Å². The first-order valence-corrected chi connectivity index (χ1v) is 6.51. The third kappa shape index (κ3) is 288. The van der Waals surface area contributed by atoms with Crippen LogP contribution >= 0.6 is 0 Å². The summed E-state index contributed by atoms with van der Waals surface area (Å²) >= 11 is 0. The lowest BCUT2D eigenvalue weighted by atomic mass is 10.1. The van der Waals surface area contributed by atoms with Gasteiger partial charge in [-0.1, -0.05) is 0 Å². The molecule has 15 N–H and O–H groups in total. The number of aliphatic hydroxyl groups excluding tert-OH is 3. The number of hydrogen-bond donors (Lipinski definition) is 10. The van der Waals surface area contributed by atoms with Crippen molar-refractivity contribution >= 4 is 23.9 Å². The van der Waals surface area contributed by atoms with Crippen LogP contribution in [0.4, 0.5) is 0 Å². The second-order valence-electron chi connectivity index (χ2n) is 3.91. The van der Waals surface area contributed by atoms with Gasteiger partial charge in [0.1, 0.15) is 0 Å². The highest BCUT2D eigenvalue weighted by molar-refractivity contribution is 5.63. The van der Waals surface area contributed by atoms with E-state index in [9.17, 15) is 0 Å². The zero-order chi connectivity index (χ0) is 22.9. The van der Waals surface area contributed by atoms with Crippen molar-refractivity contribution in [1.82, 2.24) is 12.3 Å². The van der Waals surface area contributed by atoms with Crippen LogP contribution in [-0.4, -0.2) is 85.0 Å². The average Bonchev–Trinajstić information content (AvgIpc) is 2.46. The maximum Gasteiger partial charge on any atom is 0.300 e. The molecule has 28 heavy (non-hydrogen) atoms. The largest absolute Gasteiger partial charge is 0.481 e. The van der Waals surface area contributed by atoms with E-state index in [0.717, 1.165) is 27.7 Å². The van der Waals surface area contributed by atoms with Crippen LogP contribution in [0.25, 0.3) is 0 Å². The molecular weight excluding hydrogens is 386 g/mol. The van der Waals surface area contributed by atoms with Crippen LogP contribution in [0.2, 0.25) is 0 Å². The molecule has 0 saturated carbocycles. The van der Waals surface area contributed by atoms with Crippen molar-refractivity contribution in [3.05, 3.63) is 13.2 Å². The fraction of sp³-hybridized carbons (Fsp3) is 0.571. The van der Waals surface area contributed by atoms with Crippen LogP contribution in [0.15, 0.2) is 13.2 Å². The number of nitrogens with two attached hydrogens (primary N) is 1. The third-order valence-electron chi connectivity index (χ3n) is 0.945. The molecule has 0 amide bonds. The highest BCUT2D eigenvalue weighted by atomic mass is 16.4. The van der Waals surface area contributed by atoms with Crippen LogP contribution in [0.1, 0.15) is 27.7 Å². The van der Waals surface area contributed by atoms with Gasteiger partial charge in [0.05, 0.1) is 25.4 Å². The summed E-state index contributed by atoms with van der Waals surface area (Å²) in [5.74, 6) is -3.33. The molecule has 0 saturated heterocycles. The summed E-state index contributed by atoms with van der Waals surface area (Å²) in [7, 11) is 0. The molecule has 0 aromatic carbocycles. The zero-order valence-corrected chi connectivity index (χ0v) is 16.8. The van der Waals surface area contributed by atoms with Crippen molar-refractivity contribution in [2.24, 2.45) is 5.73 Å². The molecule has 0 unspecified atom stereocenters. The molecule has 14 heteroatoms. The minimum Gasteiger partial charge on any atom is -0.481 e. The molecule has 174 valence electrons. The first-order valence-electron chi connectivity index (χ1n) is 6.51. The molecule has 0 rings (SSSR count). The summed E-state index contributed by atoms with van der Waals surface area (Å²) in [6.45, 7) is 9.12. The molecule has 0 fully saturated rings. The van der Waals surface area contributed by atoms with E-state index in [0.29, 0.717) is 0 Å². The maximum absolute atomic E-state index is 9.00. The van der Waals surface area contributed by atoms with Crippen LogP contribution < -0.4 is 18.0 Å². The van der Waals surface area contributed by atoms with Crippen LogP contribution in [0.5, 0.6) is 0 Å². The Morgan fingerprint density at radius 1 is 0.643 bits per heavy atom. The lowest BCUT2D eigenvalue weighted by Crippen LogP contribution is -2.50. The van der Waals surface area contributed by atoms with E-state index in [1.165, 1.54) is 0 Å². The Morgan fingerprint density at radius 3 is 0.714 bits per heavy atom. The smallest absolute Gasteiger partial charge is 0.300 e. The van der Waals surface area contributed by atoms with E-state index >= 15 is 0 Å². The van der Waals surface area contributed by atoms with E-state index in [1.54, 1.807) is 0 Å². The second-order valence-corrected chi connectivity index (χ2v) is 3.91. The van der Waals surface area contributed by atoms with Crippen molar-refractivity contribution < 1.29 is 54.9 Å². The fourth-order valence-electron chi connectivity index (χ4n) is 0.150. The fourth-order valence-corrected chi connectivity index (χ4v) is 0.150. The van der Waals surface area contributed by atoms with E-state index in [1.807, 2.05) is 0 Å². The molecule has 0 spiro atoms. The van der Waals surface area contributed by atoms with Crippen molar-refractivity contribution in [1.29, 1.82) is 0 Å². The Kier molecular flexibility index (Phi) is 70.4. The van der Waals surface area contributed by atoms with Crippen molar-refractivity contribution in [3.63, 3.8) is 0 Å². The predicted octanol–water partition coefficient (Wildman–Crippen LogP) is -0.849. The van der Waals surface area contributed by atoms with E-state index in [2.05, 4.69) is 13.2 Å². The van der Waals surface area contributed by atoms with E-state index in [4.69, 9.17) is 60.7 Å². The Hall–Kier alpha value is -2.62. The number of rotatable bonds is 3. The monoisotopic (exact) mass is 423 g/mol. The normalized spacial score (nSPS) is 7.14. The van der Waals surface area contributed by atoms with Gasteiger partial charge in [0.2, 0.25) is 0 Å². The number of hydrogen-bond acceptors (Lipinski definition) is 10. The lowest BCUT2D eigenvalue weighted by Gasteiger charge is -2.20. The number of carbonyl (C=O) groups is 4. The Labute approximate surface area is 164 Å². The minimum absolute atomic E-state index is 0. The number of carboxylic acid groups (broad SMARTS) is 4. The summed E-state index contributed by atoms with van der Waals surface area (Å²) in [6, 6.07) is 0. The molecule has 0 atom stereocenters. The van der Waals surface area contributed by atoms with E-state index < -0.39 is 49.2 Å². The minimum atomic E-state index is -1.21. The molecule has 14 nitrogen and oxygen atoms in total. The van der Waals surface area contributed by atoms with Gasteiger partial charge in [-0.05, 0) is 0 Å². The topological polar surface area (TPSA) is 306 Å². The molecule has 0 aliphatic heterocycles. The quantitative estimate of drug-likeness (QED) is 0.247. The molecule has 0 bridgehead atoms. The summed E-state index contributed by atoms with van der Waals surface area (Å²) in [6.07, 6.45) is 0. The molecule has 0 radical (unpaired) electrons. The van der Waals surface area contributed by atoms with Crippen LogP contribution in [0, 0.1) is 0 Å². The SMILES string of the molecule is C=C.CC(=O)O.CC(=O)O.CC(=O)O.CC(=O)O.N.N.NC(CO)(CO)CO. The lowest BCUT2D eigenvalue weighted by molar-refractivity contribution is -0.135. The highest BCUT2D eigenvalue weighted by Crippen LogP contribution is 1.93. The summed E-state index contributed by atoms with van der Waals surface area (Å²) < 4.78 is 0. The van der Waals surface area contributed by atoms with Gasteiger partial charge in [0.15, 0.2) is 0 Å². The molecule has 0 aliphatic carbocycles. The number of aliphatic hydroxyl groups is 3. The predicted molar refractivity (Wildman–Crippen MR) is 103 cm³/mol. The van der Waals surface area contributed by atoms with Gasteiger partial charge >= 0.3 is 0 Å². The average molecular weight is 423 g/mol. The summed E-state index contributed by atoms with van der Waals surface area (Å²) in [5, 5.41) is 54.7. The van der Waals surface area contributed by atoms with Gasteiger partial charge in [0.25, 0.3) is 23.9 Å². The number of aliphatic carboxylic acids is 4. The molecule has 0 aromatic heterocycles. The van der Waals surface area contributed by atoms with Gasteiger partial charge < -0.3 is 53.8 Å². The Balaban J connectivity index is -0.0000000296. The van der Waals surface area contributed by atoms with Gasteiger partial charge in [-0.3, -0.25) is 19.2 Å². The Bertz CT molecular complexity index is 290. The third-order valence-corrected chi connectivity index (χ3v) is 0.945. The van der Waals surface area contributed by atoms with E-state index in [-0.39, 0.29) is 12.3 Å². The summed E-state index contributed by atoms with van der Waals surface area (Å²) in [5.41, 5.74) is 3.94. The first-order chi connectivity index (χ1) is 11.6. The molecular formula is C14H37N3O11. The van der Waals surface area contributed by atoms with Crippen LogP contribution in [0.3, 0.4) is 0 Å². The first kappa shape index (κ1) is 49.9. The highest BCUT2D eigenvalue weighted by Gasteiger charge is 2.20. The van der Waals surface area contributed by atoms with Gasteiger partial charge in [0, 0.05) is 27.7 Å². The zero-order valence-electron chi connectivity index (χ0n) is 16.8. The summed E-state index contributed by atoms with van der Waals surface area (Å²) in [4.78, 5) is 36.0. The van der Waals surface area contributed by atoms with Crippen molar-refractivity contribution in [3.8, 4) is 0 Å². The maximum atomic E-state index is 9.00. The molecule has 0 heterocycles. The second kappa shape index (κ2) is 39.4. The standard InChI is InChI=1S/C4H11NO3.4C2H4O2.C2H4.2H3N/c5-4(1-6,2-7)3-8;4*1-2(3)4;1-2;;/h6-8H,1-3,5H2;4*1H3,(H,3,4);1-2H2;2*1H3. The Morgan fingerprint density at radius 2 is 0.714 bits per heavy atom. The molecule has 0 aromatic rings.